The van der Waals surface area contributed by atoms with E-state index in [-0.39, 0.29) is 5.82 Å². The number of aryl methyl sites for hydroxylation is 1. The van der Waals surface area contributed by atoms with Crippen molar-refractivity contribution in [2.75, 3.05) is 6.54 Å². The average molecular weight is 289 g/mol. The molecule has 116 valence electrons. The van der Waals surface area contributed by atoms with Crippen LogP contribution >= 0.6 is 0 Å². The minimum absolute atomic E-state index is 0.0820. The van der Waals surface area contributed by atoms with Gasteiger partial charge in [0, 0.05) is 6.04 Å². The molecule has 2 heteroatoms. The monoisotopic (exact) mass is 289 g/mol. The van der Waals surface area contributed by atoms with E-state index in [0.717, 1.165) is 18.2 Å². The molecule has 0 radical (unpaired) electrons. The molecule has 3 rings (SSSR count). The van der Waals surface area contributed by atoms with Crippen molar-refractivity contribution in [1.29, 1.82) is 0 Å². The fourth-order valence-electron chi connectivity index (χ4n) is 3.78. The Kier molecular flexibility index (Phi) is 4.09. The summed E-state index contributed by atoms with van der Waals surface area (Å²) < 4.78 is 13.6. The lowest BCUT2D eigenvalue weighted by molar-refractivity contribution is 0.159. The molecule has 1 N–H and O–H groups in total. The third-order valence-electron chi connectivity index (χ3n) is 5.39. The lowest BCUT2D eigenvalue weighted by atomic mass is 9.65. The topological polar surface area (TPSA) is 12.0 Å². The third kappa shape index (κ3) is 3.66. The van der Waals surface area contributed by atoms with E-state index in [1.165, 1.54) is 37.7 Å². The van der Waals surface area contributed by atoms with Crippen molar-refractivity contribution in [3.8, 4) is 0 Å². The summed E-state index contributed by atoms with van der Waals surface area (Å²) in [5, 5.41) is 3.71. The summed E-state index contributed by atoms with van der Waals surface area (Å²) in [5.41, 5.74) is 2.53. The van der Waals surface area contributed by atoms with Gasteiger partial charge in [0.15, 0.2) is 0 Å². The Labute approximate surface area is 128 Å². The quantitative estimate of drug-likeness (QED) is 0.840. The largest absolute Gasteiger partial charge is 0.314 e. The Morgan fingerprint density at radius 1 is 1.24 bits per heavy atom. The number of halogens is 1. The van der Waals surface area contributed by atoms with Crippen LogP contribution in [-0.2, 0) is 0 Å². The van der Waals surface area contributed by atoms with Crippen LogP contribution in [0.4, 0.5) is 4.39 Å². The summed E-state index contributed by atoms with van der Waals surface area (Å²) >= 11 is 0. The smallest absolute Gasteiger partial charge is 0.126 e. The number of rotatable bonds is 4. The lowest BCUT2D eigenvalue weighted by Gasteiger charge is -2.41. The summed E-state index contributed by atoms with van der Waals surface area (Å²) in [6.07, 6.45) is 6.50. The highest BCUT2D eigenvalue weighted by atomic mass is 19.1. The second kappa shape index (κ2) is 5.72. The molecule has 2 saturated carbocycles. The molecule has 2 unspecified atom stereocenters. The van der Waals surface area contributed by atoms with Crippen LogP contribution < -0.4 is 5.32 Å². The molecule has 21 heavy (non-hydrogen) atoms. The van der Waals surface area contributed by atoms with Crippen LogP contribution in [0.3, 0.4) is 0 Å². The zero-order valence-corrected chi connectivity index (χ0v) is 13.6. The van der Waals surface area contributed by atoms with Gasteiger partial charge in [-0.3, -0.25) is 0 Å². The first-order valence-corrected chi connectivity index (χ1v) is 8.44. The Balaban J connectivity index is 1.79. The summed E-state index contributed by atoms with van der Waals surface area (Å²) in [6, 6.07) is 6.51. The van der Waals surface area contributed by atoms with Crippen LogP contribution in [0.15, 0.2) is 18.2 Å². The van der Waals surface area contributed by atoms with Crippen LogP contribution in [0.1, 0.15) is 63.0 Å². The van der Waals surface area contributed by atoms with Crippen molar-refractivity contribution in [3.63, 3.8) is 0 Å². The van der Waals surface area contributed by atoms with Gasteiger partial charge in [-0.05, 0) is 80.0 Å². The molecular weight excluding hydrogens is 261 g/mol. The third-order valence-corrected chi connectivity index (χ3v) is 5.39. The predicted octanol–water partition coefficient (Wildman–Crippen LogP) is 4.80. The molecule has 0 amide bonds. The molecule has 2 aliphatic rings. The van der Waals surface area contributed by atoms with E-state index in [4.69, 9.17) is 0 Å². The van der Waals surface area contributed by atoms with Crippen molar-refractivity contribution >= 4 is 0 Å². The molecule has 0 heterocycles. The minimum Gasteiger partial charge on any atom is -0.314 e. The van der Waals surface area contributed by atoms with Gasteiger partial charge in [-0.1, -0.05) is 26.0 Å². The van der Waals surface area contributed by atoms with Gasteiger partial charge in [0.2, 0.25) is 0 Å². The maximum absolute atomic E-state index is 13.6. The van der Waals surface area contributed by atoms with E-state index >= 15 is 0 Å². The second-order valence-corrected chi connectivity index (χ2v) is 7.96. The standard InChI is InChI=1S/C19H28FN/c1-13-10-14(4-7-18(13)20)17-11-19(2,3)9-8-15(17)12-21-16-5-6-16/h4,7,10,15-17,21H,5-6,8-9,11-12H2,1-3H3. The van der Waals surface area contributed by atoms with Crippen molar-refractivity contribution in [3.05, 3.63) is 35.1 Å². The van der Waals surface area contributed by atoms with Crippen LogP contribution in [0.2, 0.25) is 0 Å². The van der Waals surface area contributed by atoms with Gasteiger partial charge in [-0.2, -0.15) is 0 Å². The molecule has 2 fully saturated rings. The van der Waals surface area contributed by atoms with Gasteiger partial charge in [-0.15, -0.1) is 0 Å². The lowest BCUT2D eigenvalue weighted by Crippen LogP contribution is -2.35. The van der Waals surface area contributed by atoms with Crippen LogP contribution in [0.25, 0.3) is 0 Å². The highest BCUT2D eigenvalue weighted by molar-refractivity contribution is 5.28. The van der Waals surface area contributed by atoms with E-state index in [2.05, 4.69) is 25.2 Å². The summed E-state index contributed by atoms with van der Waals surface area (Å²) in [5.74, 6) is 1.18. The van der Waals surface area contributed by atoms with Gasteiger partial charge in [0.25, 0.3) is 0 Å². The van der Waals surface area contributed by atoms with E-state index in [0.29, 0.717) is 17.3 Å². The van der Waals surface area contributed by atoms with Crippen molar-refractivity contribution in [2.45, 2.75) is 64.8 Å². The van der Waals surface area contributed by atoms with Crippen LogP contribution in [0, 0.1) is 24.1 Å². The molecule has 0 aromatic heterocycles. The first-order valence-electron chi connectivity index (χ1n) is 8.44. The van der Waals surface area contributed by atoms with Crippen LogP contribution in [0.5, 0.6) is 0 Å². The molecule has 2 atom stereocenters. The highest BCUT2D eigenvalue weighted by Crippen LogP contribution is 2.46. The molecular formula is C19H28FN. The number of benzene rings is 1. The molecule has 0 aliphatic heterocycles. The fraction of sp³-hybridized carbons (Fsp3) is 0.684. The Morgan fingerprint density at radius 3 is 2.67 bits per heavy atom. The zero-order valence-electron chi connectivity index (χ0n) is 13.6. The van der Waals surface area contributed by atoms with E-state index in [1.807, 2.05) is 13.0 Å². The second-order valence-electron chi connectivity index (χ2n) is 7.96. The van der Waals surface area contributed by atoms with E-state index in [9.17, 15) is 4.39 Å². The Morgan fingerprint density at radius 2 is 2.00 bits per heavy atom. The van der Waals surface area contributed by atoms with Gasteiger partial charge < -0.3 is 5.32 Å². The van der Waals surface area contributed by atoms with E-state index in [1.54, 1.807) is 6.07 Å². The van der Waals surface area contributed by atoms with Crippen LogP contribution in [-0.4, -0.2) is 12.6 Å². The average Bonchev–Trinajstić information content (AvgIpc) is 3.24. The van der Waals surface area contributed by atoms with E-state index < -0.39 is 0 Å². The van der Waals surface area contributed by atoms with Gasteiger partial charge >= 0.3 is 0 Å². The Hall–Kier alpha value is -0.890. The highest BCUT2D eigenvalue weighted by Gasteiger charge is 2.36. The molecule has 2 aliphatic carbocycles. The van der Waals surface area contributed by atoms with Gasteiger partial charge in [0.05, 0.1) is 0 Å². The maximum Gasteiger partial charge on any atom is 0.126 e. The summed E-state index contributed by atoms with van der Waals surface area (Å²) in [6.45, 7) is 7.76. The minimum atomic E-state index is -0.0820. The number of nitrogens with one attached hydrogen (secondary N) is 1. The number of hydrogen-bond acceptors (Lipinski definition) is 1. The molecule has 0 saturated heterocycles. The predicted molar refractivity (Wildman–Crippen MR) is 86.0 cm³/mol. The number of hydrogen-bond donors (Lipinski definition) is 1. The Bertz CT molecular complexity index is 502. The van der Waals surface area contributed by atoms with Crippen molar-refractivity contribution in [1.82, 2.24) is 5.32 Å². The van der Waals surface area contributed by atoms with Crippen molar-refractivity contribution < 1.29 is 4.39 Å². The maximum atomic E-state index is 13.6. The van der Waals surface area contributed by atoms with Gasteiger partial charge in [0.1, 0.15) is 5.82 Å². The zero-order chi connectivity index (χ0) is 15.0. The first kappa shape index (κ1) is 15.0. The van der Waals surface area contributed by atoms with Gasteiger partial charge in [-0.25, -0.2) is 4.39 Å². The summed E-state index contributed by atoms with van der Waals surface area (Å²) in [7, 11) is 0. The molecule has 1 nitrogen and oxygen atoms in total. The molecule has 0 spiro atoms. The normalized spacial score (nSPS) is 28.6. The SMILES string of the molecule is Cc1cc(C2CC(C)(C)CCC2CNC2CC2)ccc1F. The molecule has 1 aromatic rings. The molecule has 0 bridgehead atoms. The molecule has 1 aromatic carbocycles. The first-order chi connectivity index (χ1) is 9.94. The summed E-state index contributed by atoms with van der Waals surface area (Å²) in [4.78, 5) is 0. The fourth-order valence-corrected chi connectivity index (χ4v) is 3.78. The van der Waals surface area contributed by atoms with Crippen molar-refractivity contribution in [2.24, 2.45) is 11.3 Å².